The molecule has 2 N–H and O–H groups in total. The summed E-state index contributed by atoms with van der Waals surface area (Å²) in [6, 6.07) is 17.0. The minimum atomic E-state index is -0.167. The molecule has 5 rings (SSSR count). The molecule has 162 valence electrons. The predicted octanol–water partition coefficient (Wildman–Crippen LogP) is 3.52. The molecule has 1 saturated carbocycles. The zero-order chi connectivity index (χ0) is 21.9. The molecule has 9 heteroatoms. The molecule has 1 aliphatic rings. The summed E-state index contributed by atoms with van der Waals surface area (Å²) < 4.78 is 5.81. The first kappa shape index (κ1) is 20.4. The van der Waals surface area contributed by atoms with E-state index in [-0.39, 0.29) is 23.4 Å². The number of rotatable bonds is 7. The number of hydrogen-bond acceptors (Lipinski definition) is 7. The summed E-state index contributed by atoms with van der Waals surface area (Å²) in [5.41, 5.74) is 1.38. The van der Waals surface area contributed by atoms with Gasteiger partial charge in [0, 0.05) is 29.7 Å². The Balaban J connectivity index is 1.08. The Morgan fingerprint density at radius 2 is 1.88 bits per heavy atom. The highest BCUT2D eigenvalue weighted by molar-refractivity contribution is 7.99. The minimum Gasteiger partial charge on any atom is -0.420 e. The monoisotopic (exact) mass is 447 g/mol. The Hall–Kier alpha value is -3.46. The van der Waals surface area contributed by atoms with Crippen LogP contribution in [-0.4, -0.2) is 37.9 Å². The van der Waals surface area contributed by atoms with E-state index < -0.39 is 0 Å². The number of thioether (sulfide) groups is 1. The Morgan fingerprint density at radius 1 is 1.09 bits per heavy atom. The molecule has 0 bridgehead atoms. The van der Waals surface area contributed by atoms with Gasteiger partial charge in [0.1, 0.15) is 0 Å². The van der Waals surface area contributed by atoms with Gasteiger partial charge >= 0.3 is 0 Å². The van der Waals surface area contributed by atoms with E-state index in [0.717, 1.165) is 18.4 Å². The number of carbonyl (C=O) groups is 1. The number of aromatic amines is 1. The maximum absolute atomic E-state index is 12.3. The molecule has 0 saturated heterocycles. The number of amides is 1. The van der Waals surface area contributed by atoms with Crippen molar-refractivity contribution in [1.82, 2.24) is 25.5 Å². The maximum Gasteiger partial charge on any atom is 0.259 e. The fraction of sp³-hybridized carbons (Fsp3) is 0.261. The molecule has 1 amide bonds. The number of nitrogens with zero attached hydrogens (tertiary/aromatic N) is 3. The number of hydrogen-bond donors (Lipinski definition) is 2. The van der Waals surface area contributed by atoms with Crippen LogP contribution in [0.4, 0.5) is 0 Å². The molecular weight excluding hydrogens is 426 g/mol. The highest BCUT2D eigenvalue weighted by Gasteiger charge is 2.35. The second kappa shape index (κ2) is 8.96. The fourth-order valence-electron chi connectivity index (χ4n) is 3.71. The number of nitrogens with one attached hydrogen (secondary N) is 2. The van der Waals surface area contributed by atoms with Crippen molar-refractivity contribution in [1.29, 1.82) is 0 Å². The van der Waals surface area contributed by atoms with Crippen LogP contribution in [0.5, 0.6) is 0 Å². The SMILES string of the molecule is O=C(CCSc1nc2ccccc2c(=O)[nH]1)N[C@H]1C[C@@H](c2nnc(-c3ccccc3)o2)C1. The molecule has 0 spiro atoms. The van der Waals surface area contributed by atoms with Crippen LogP contribution in [0.25, 0.3) is 22.4 Å². The lowest BCUT2D eigenvalue weighted by atomic mass is 9.80. The lowest BCUT2D eigenvalue weighted by Gasteiger charge is -2.33. The van der Waals surface area contributed by atoms with E-state index in [4.69, 9.17) is 4.42 Å². The summed E-state index contributed by atoms with van der Waals surface area (Å²) in [6.07, 6.45) is 1.92. The van der Waals surface area contributed by atoms with Crippen LogP contribution in [0.3, 0.4) is 0 Å². The predicted molar refractivity (Wildman–Crippen MR) is 121 cm³/mol. The van der Waals surface area contributed by atoms with Crippen molar-refractivity contribution < 1.29 is 9.21 Å². The minimum absolute atomic E-state index is 0.0143. The molecule has 8 nitrogen and oxygen atoms in total. The van der Waals surface area contributed by atoms with Gasteiger partial charge in [0.15, 0.2) is 5.16 Å². The molecule has 0 aliphatic heterocycles. The summed E-state index contributed by atoms with van der Waals surface area (Å²) in [7, 11) is 0. The van der Waals surface area contributed by atoms with Gasteiger partial charge in [-0.1, -0.05) is 42.1 Å². The maximum atomic E-state index is 12.3. The summed E-state index contributed by atoms with van der Waals surface area (Å²) in [6.45, 7) is 0. The normalized spacial score (nSPS) is 17.8. The molecule has 0 unspecified atom stereocenters. The van der Waals surface area contributed by atoms with Crippen molar-refractivity contribution in [2.75, 3.05) is 5.75 Å². The van der Waals surface area contributed by atoms with Crippen molar-refractivity contribution in [3.8, 4) is 11.5 Å². The number of aromatic nitrogens is 4. The first-order valence-corrected chi connectivity index (χ1v) is 11.4. The standard InChI is InChI=1S/C23H21N5O3S/c29-19(10-11-32-23-25-18-9-5-4-8-17(18)20(30)26-23)24-16-12-15(13-16)22-28-27-21(31-22)14-6-2-1-3-7-14/h1-9,15-16H,10-13H2,(H,24,29)(H,25,26,30)/t15-,16+. The Kier molecular flexibility index (Phi) is 5.72. The highest BCUT2D eigenvalue weighted by Crippen LogP contribution is 2.37. The van der Waals surface area contributed by atoms with E-state index in [1.807, 2.05) is 42.5 Å². The largest absolute Gasteiger partial charge is 0.420 e. The van der Waals surface area contributed by atoms with E-state index >= 15 is 0 Å². The first-order chi connectivity index (χ1) is 15.7. The second-order valence-electron chi connectivity index (χ2n) is 7.73. The van der Waals surface area contributed by atoms with Gasteiger partial charge in [0.05, 0.1) is 10.9 Å². The Morgan fingerprint density at radius 3 is 2.72 bits per heavy atom. The van der Waals surface area contributed by atoms with Crippen LogP contribution in [0.15, 0.2) is 69.0 Å². The quantitative estimate of drug-likeness (QED) is 0.329. The van der Waals surface area contributed by atoms with Gasteiger partial charge in [0.2, 0.25) is 17.7 Å². The highest BCUT2D eigenvalue weighted by atomic mass is 32.2. The van der Waals surface area contributed by atoms with Gasteiger partial charge in [-0.15, -0.1) is 10.2 Å². The summed E-state index contributed by atoms with van der Waals surface area (Å²) in [4.78, 5) is 31.6. The molecule has 2 heterocycles. The van der Waals surface area contributed by atoms with Gasteiger partial charge in [-0.05, 0) is 37.1 Å². The van der Waals surface area contributed by atoms with Gasteiger partial charge in [-0.3, -0.25) is 9.59 Å². The number of carbonyl (C=O) groups excluding carboxylic acids is 1. The molecule has 1 aliphatic carbocycles. The topological polar surface area (TPSA) is 114 Å². The van der Waals surface area contributed by atoms with Gasteiger partial charge in [-0.2, -0.15) is 0 Å². The van der Waals surface area contributed by atoms with Crippen LogP contribution in [0.1, 0.15) is 31.1 Å². The fourth-order valence-corrected chi connectivity index (χ4v) is 4.52. The first-order valence-electron chi connectivity index (χ1n) is 10.5. The summed E-state index contributed by atoms with van der Waals surface area (Å²) >= 11 is 1.37. The molecule has 0 atom stereocenters. The third-order valence-corrected chi connectivity index (χ3v) is 6.35. The van der Waals surface area contributed by atoms with E-state index in [2.05, 4.69) is 25.5 Å². The Labute approximate surface area is 187 Å². The molecule has 4 aromatic rings. The molecule has 32 heavy (non-hydrogen) atoms. The zero-order valence-electron chi connectivity index (χ0n) is 17.2. The van der Waals surface area contributed by atoms with Crippen LogP contribution < -0.4 is 10.9 Å². The average Bonchev–Trinajstić information content (AvgIpc) is 3.26. The molecule has 1 fully saturated rings. The van der Waals surface area contributed by atoms with Crippen molar-refractivity contribution in [3.63, 3.8) is 0 Å². The number of benzene rings is 2. The third kappa shape index (κ3) is 4.43. The van der Waals surface area contributed by atoms with Crippen LogP contribution in [-0.2, 0) is 4.79 Å². The van der Waals surface area contributed by atoms with Crippen molar-refractivity contribution in [2.24, 2.45) is 0 Å². The molecular formula is C23H21N5O3S. The molecule has 2 aromatic heterocycles. The summed E-state index contributed by atoms with van der Waals surface area (Å²) in [5, 5.41) is 12.4. The van der Waals surface area contributed by atoms with Crippen LogP contribution in [0, 0.1) is 0 Å². The van der Waals surface area contributed by atoms with Crippen LogP contribution >= 0.6 is 11.8 Å². The smallest absolute Gasteiger partial charge is 0.259 e. The van der Waals surface area contributed by atoms with Gasteiger partial charge in [-0.25, -0.2) is 4.98 Å². The lowest BCUT2D eigenvalue weighted by molar-refractivity contribution is -0.122. The van der Waals surface area contributed by atoms with E-state index in [0.29, 0.717) is 40.0 Å². The molecule has 0 radical (unpaired) electrons. The number of H-pyrrole nitrogens is 1. The Bertz CT molecular complexity index is 1300. The lowest BCUT2D eigenvalue weighted by Crippen LogP contribution is -2.43. The number of fused-ring (bicyclic) bond motifs is 1. The zero-order valence-corrected chi connectivity index (χ0v) is 18.0. The van der Waals surface area contributed by atoms with Gasteiger partial charge < -0.3 is 14.7 Å². The van der Waals surface area contributed by atoms with Crippen LogP contribution in [0.2, 0.25) is 0 Å². The van der Waals surface area contributed by atoms with Crippen molar-refractivity contribution in [2.45, 2.75) is 36.4 Å². The van der Waals surface area contributed by atoms with Crippen molar-refractivity contribution >= 4 is 28.6 Å². The third-order valence-electron chi connectivity index (χ3n) is 5.47. The second-order valence-corrected chi connectivity index (χ2v) is 8.81. The van der Waals surface area contributed by atoms with E-state index in [1.165, 1.54) is 11.8 Å². The molecule has 2 aromatic carbocycles. The summed E-state index contributed by atoms with van der Waals surface area (Å²) in [5.74, 6) is 1.83. The number of para-hydroxylation sites is 1. The van der Waals surface area contributed by atoms with Gasteiger partial charge in [0.25, 0.3) is 5.56 Å². The average molecular weight is 448 g/mol. The van der Waals surface area contributed by atoms with Crippen molar-refractivity contribution in [3.05, 3.63) is 70.8 Å². The van der Waals surface area contributed by atoms with E-state index in [9.17, 15) is 9.59 Å². The van der Waals surface area contributed by atoms with E-state index in [1.54, 1.807) is 12.1 Å².